The molecule has 27 heavy (non-hydrogen) atoms. The van der Waals surface area contributed by atoms with Gasteiger partial charge in [-0.05, 0) is 37.3 Å². The van der Waals surface area contributed by atoms with Crippen LogP contribution in [0.25, 0.3) is 0 Å². The predicted octanol–water partition coefficient (Wildman–Crippen LogP) is 2.43. The largest absolute Gasteiger partial charge is 0.433 e. The third-order valence-corrected chi connectivity index (χ3v) is 5.41. The summed E-state index contributed by atoms with van der Waals surface area (Å²) >= 11 is 0. The number of anilines is 1. The van der Waals surface area contributed by atoms with E-state index < -0.39 is 11.9 Å². The molecule has 0 N–H and O–H groups in total. The molecule has 0 bridgehead atoms. The Hall–Kier alpha value is -2.16. The molecule has 9 heteroatoms. The summed E-state index contributed by atoms with van der Waals surface area (Å²) in [5.74, 6) is 0.155. The van der Waals surface area contributed by atoms with Gasteiger partial charge in [-0.3, -0.25) is 9.58 Å². The highest BCUT2D eigenvalue weighted by atomic mass is 19.4. The van der Waals surface area contributed by atoms with Gasteiger partial charge in [0.25, 0.3) is 0 Å². The number of hydrogen-bond donors (Lipinski definition) is 0. The SMILES string of the molecule is Cn1nc2c(c1CN1CCN(c3nccc(C(F)(F)F)n3)CC1)CCCC2. The molecule has 0 unspecified atom stereocenters. The van der Waals surface area contributed by atoms with Crippen molar-refractivity contribution in [3.8, 4) is 0 Å². The number of piperazine rings is 1. The number of rotatable bonds is 3. The maximum absolute atomic E-state index is 12.9. The summed E-state index contributed by atoms with van der Waals surface area (Å²) in [4.78, 5) is 11.9. The average Bonchev–Trinajstić information content (AvgIpc) is 2.97. The van der Waals surface area contributed by atoms with Gasteiger partial charge in [0.05, 0.1) is 11.4 Å². The van der Waals surface area contributed by atoms with E-state index >= 15 is 0 Å². The molecular weight excluding hydrogens is 357 g/mol. The Morgan fingerprint density at radius 1 is 1.07 bits per heavy atom. The van der Waals surface area contributed by atoms with Gasteiger partial charge in [-0.1, -0.05) is 0 Å². The first kappa shape index (κ1) is 18.2. The van der Waals surface area contributed by atoms with Crippen molar-refractivity contribution in [1.29, 1.82) is 0 Å². The number of hydrogen-bond acceptors (Lipinski definition) is 5. The van der Waals surface area contributed by atoms with Crippen molar-refractivity contribution in [3.05, 3.63) is 34.9 Å². The van der Waals surface area contributed by atoms with Crippen molar-refractivity contribution in [1.82, 2.24) is 24.6 Å². The summed E-state index contributed by atoms with van der Waals surface area (Å²) in [5, 5.41) is 4.66. The lowest BCUT2D eigenvalue weighted by Gasteiger charge is -2.35. The molecule has 1 saturated heterocycles. The van der Waals surface area contributed by atoms with Crippen molar-refractivity contribution in [2.24, 2.45) is 7.05 Å². The first-order valence-electron chi connectivity index (χ1n) is 9.33. The minimum atomic E-state index is -4.45. The van der Waals surface area contributed by atoms with Crippen LogP contribution in [0.15, 0.2) is 12.3 Å². The summed E-state index contributed by atoms with van der Waals surface area (Å²) in [6.07, 6.45) is 1.31. The second-order valence-corrected chi connectivity index (χ2v) is 7.21. The number of fused-ring (bicyclic) bond motifs is 1. The molecule has 0 spiro atoms. The topological polar surface area (TPSA) is 50.1 Å². The van der Waals surface area contributed by atoms with Gasteiger partial charge in [-0.2, -0.15) is 18.3 Å². The van der Waals surface area contributed by atoms with Gasteiger partial charge in [0, 0.05) is 46.0 Å². The normalized spacial score (nSPS) is 18.6. The second kappa shape index (κ2) is 7.10. The number of alkyl halides is 3. The van der Waals surface area contributed by atoms with Crippen LogP contribution in [0.2, 0.25) is 0 Å². The highest BCUT2D eigenvalue weighted by Gasteiger charge is 2.33. The number of halogens is 3. The molecule has 146 valence electrons. The number of aromatic nitrogens is 4. The van der Waals surface area contributed by atoms with E-state index in [2.05, 4.69) is 20.0 Å². The fourth-order valence-electron chi connectivity index (χ4n) is 3.92. The Morgan fingerprint density at radius 3 is 2.56 bits per heavy atom. The smallest absolute Gasteiger partial charge is 0.338 e. The lowest BCUT2D eigenvalue weighted by molar-refractivity contribution is -0.141. The van der Waals surface area contributed by atoms with Crippen LogP contribution in [0.5, 0.6) is 0 Å². The monoisotopic (exact) mass is 380 g/mol. The Balaban J connectivity index is 1.41. The molecule has 0 saturated carbocycles. The average molecular weight is 380 g/mol. The standard InChI is InChI=1S/C18H23F3N6/c1-25-15(13-4-2-3-5-14(13)24-25)12-26-8-10-27(11-9-26)17-22-7-6-16(23-17)18(19,20)21/h6-7H,2-5,8-12H2,1H3. The van der Waals surface area contributed by atoms with Crippen molar-refractivity contribution in [2.75, 3.05) is 31.1 Å². The van der Waals surface area contributed by atoms with Crippen molar-refractivity contribution < 1.29 is 13.2 Å². The van der Waals surface area contributed by atoms with Crippen LogP contribution in [0.3, 0.4) is 0 Å². The molecule has 0 aromatic carbocycles. The zero-order valence-electron chi connectivity index (χ0n) is 15.3. The van der Waals surface area contributed by atoms with Gasteiger partial charge in [0.2, 0.25) is 5.95 Å². The molecule has 0 amide bonds. The van der Waals surface area contributed by atoms with Gasteiger partial charge in [0.1, 0.15) is 5.69 Å². The van der Waals surface area contributed by atoms with E-state index in [1.165, 1.54) is 36.0 Å². The van der Waals surface area contributed by atoms with Crippen LogP contribution in [0, 0.1) is 0 Å². The molecule has 2 aromatic heterocycles. The quantitative estimate of drug-likeness (QED) is 0.819. The molecule has 0 atom stereocenters. The lowest BCUT2D eigenvalue weighted by Crippen LogP contribution is -2.47. The fraction of sp³-hybridized carbons (Fsp3) is 0.611. The summed E-state index contributed by atoms with van der Waals surface area (Å²) in [5.41, 5.74) is 3.01. The van der Waals surface area contributed by atoms with Gasteiger partial charge >= 0.3 is 6.18 Å². The third-order valence-electron chi connectivity index (χ3n) is 5.41. The van der Waals surface area contributed by atoms with Gasteiger partial charge < -0.3 is 4.90 Å². The van der Waals surface area contributed by atoms with E-state index in [0.29, 0.717) is 13.1 Å². The van der Waals surface area contributed by atoms with Crippen LogP contribution in [-0.4, -0.2) is 50.8 Å². The summed E-state index contributed by atoms with van der Waals surface area (Å²) in [6, 6.07) is 0.908. The van der Waals surface area contributed by atoms with Gasteiger partial charge in [0.15, 0.2) is 0 Å². The Kier molecular flexibility index (Phi) is 4.79. The molecule has 1 aliphatic heterocycles. The first-order valence-corrected chi connectivity index (χ1v) is 9.33. The van der Waals surface area contributed by atoms with Crippen molar-refractivity contribution >= 4 is 5.95 Å². The molecule has 2 aliphatic rings. The number of nitrogens with zero attached hydrogens (tertiary/aromatic N) is 6. The molecule has 2 aromatic rings. The molecule has 3 heterocycles. The highest BCUT2D eigenvalue weighted by molar-refractivity contribution is 5.32. The summed E-state index contributed by atoms with van der Waals surface area (Å²) in [7, 11) is 2.00. The zero-order chi connectivity index (χ0) is 19.0. The molecule has 4 rings (SSSR count). The van der Waals surface area contributed by atoms with Crippen LogP contribution >= 0.6 is 0 Å². The maximum atomic E-state index is 12.9. The Morgan fingerprint density at radius 2 is 1.81 bits per heavy atom. The van der Waals surface area contributed by atoms with Gasteiger partial charge in [-0.15, -0.1) is 0 Å². The lowest BCUT2D eigenvalue weighted by atomic mass is 9.95. The Bertz CT molecular complexity index is 808. The third kappa shape index (κ3) is 3.78. The van der Waals surface area contributed by atoms with E-state index in [9.17, 15) is 13.2 Å². The van der Waals surface area contributed by atoms with Crippen molar-refractivity contribution in [2.45, 2.75) is 38.4 Å². The predicted molar refractivity (Wildman–Crippen MR) is 94.4 cm³/mol. The van der Waals surface area contributed by atoms with Crippen LogP contribution in [0.4, 0.5) is 19.1 Å². The number of aryl methyl sites for hydroxylation is 2. The molecule has 0 radical (unpaired) electrons. The highest BCUT2D eigenvalue weighted by Crippen LogP contribution is 2.28. The maximum Gasteiger partial charge on any atom is 0.433 e. The van der Waals surface area contributed by atoms with Crippen molar-refractivity contribution in [3.63, 3.8) is 0 Å². The van der Waals surface area contributed by atoms with E-state index in [0.717, 1.165) is 38.5 Å². The van der Waals surface area contributed by atoms with E-state index in [1.54, 1.807) is 0 Å². The van der Waals surface area contributed by atoms with Gasteiger partial charge in [-0.25, -0.2) is 9.97 Å². The van der Waals surface area contributed by atoms with E-state index in [-0.39, 0.29) is 5.95 Å². The molecule has 1 fully saturated rings. The van der Waals surface area contributed by atoms with Crippen LogP contribution in [-0.2, 0) is 32.6 Å². The van der Waals surface area contributed by atoms with E-state index in [1.807, 2.05) is 16.6 Å². The molecule has 6 nitrogen and oxygen atoms in total. The fourth-order valence-corrected chi connectivity index (χ4v) is 3.92. The Labute approximate surface area is 156 Å². The minimum Gasteiger partial charge on any atom is -0.338 e. The molecular formula is C18H23F3N6. The van der Waals surface area contributed by atoms with E-state index in [4.69, 9.17) is 0 Å². The first-order chi connectivity index (χ1) is 12.9. The van der Waals surface area contributed by atoms with Crippen LogP contribution < -0.4 is 4.90 Å². The summed E-state index contributed by atoms with van der Waals surface area (Å²) < 4.78 is 40.6. The molecule has 1 aliphatic carbocycles. The minimum absolute atomic E-state index is 0.155. The summed E-state index contributed by atoms with van der Waals surface area (Å²) in [6.45, 7) is 3.58. The zero-order valence-corrected chi connectivity index (χ0v) is 15.3. The second-order valence-electron chi connectivity index (χ2n) is 7.21. The van der Waals surface area contributed by atoms with Crippen LogP contribution in [0.1, 0.15) is 35.5 Å².